The van der Waals surface area contributed by atoms with Gasteiger partial charge in [-0.1, -0.05) is 0 Å². The van der Waals surface area contributed by atoms with Crippen LogP contribution in [-0.4, -0.2) is 27.6 Å². The van der Waals surface area contributed by atoms with Crippen LogP contribution >= 0.6 is 0 Å². The number of aliphatic hydroxyl groups excluding tert-OH is 1. The third-order valence-corrected chi connectivity index (χ3v) is 3.61. The van der Waals surface area contributed by atoms with E-state index in [2.05, 4.69) is 11.2 Å². The summed E-state index contributed by atoms with van der Waals surface area (Å²) in [5.41, 5.74) is 1.24. The zero-order chi connectivity index (χ0) is 13.1. The van der Waals surface area contributed by atoms with Gasteiger partial charge in [0.05, 0.1) is 5.69 Å². The summed E-state index contributed by atoms with van der Waals surface area (Å²) < 4.78 is 7.55. The van der Waals surface area contributed by atoms with E-state index in [1.54, 1.807) is 11.7 Å². The first-order chi connectivity index (χ1) is 8.65. The van der Waals surface area contributed by atoms with Crippen molar-refractivity contribution in [2.45, 2.75) is 38.7 Å². The van der Waals surface area contributed by atoms with Crippen molar-refractivity contribution in [1.82, 2.24) is 9.78 Å². The van der Waals surface area contributed by atoms with Crippen LogP contribution in [0.5, 0.6) is 5.88 Å². The predicted octanol–water partition coefficient (Wildman–Crippen LogP) is 1.53. The summed E-state index contributed by atoms with van der Waals surface area (Å²) in [5, 5.41) is 22.4. The molecule has 1 aliphatic rings. The molecule has 1 fully saturated rings. The molecule has 1 N–H and O–H groups in total. The number of nitrogens with zero attached hydrogens (tertiary/aromatic N) is 3. The Bertz CT molecular complexity index is 454. The SMILES string of the molecule is Cc1nn(C)c(OC2CCC(CO)CC2)c1C#N. The molecule has 0 spiro atoms. The van der Waals surface area contributed by atoms with Crippen LogP contribution in [0.2, 0.25) is 0 Å². The van der Waals surface area contributed by atoms with Crippen molar-refractivity contribution in [1.29, 1.82) is 5.26 Å². The lowest BCUT2D eigenvalue weighted by Gasteiger charge is -2.27. The number of ether oxygens (including phenoxy) is 1. The highest BCUT2D eigenvalue weighted by atomic mass is 16.5. The minimum Gasteiger partial charge on any atom is -0.474 e. The van der Waals surface area contributed by atoms with E-state index >= 15 is 0 Å². The number of hydrogen-bond acceptors (Lipinski definition) is 4. The van der Waals surface area contributed by atoms with Gasteiger partial charge >= 0.3 is 0 Å². The van der Waals surface area contributed by atoms with Gasteiger partial charge in [-0.25, -0.2) is 4.68 Å². The average Bonchev–Trinajstić information content (AvgIpc) is 2.64. The number of nitriles is 1. The fourth-order valence-electron chi connectivity index (χ4n) is 2.49. The molecule has 1 heterocycles. The first kappa shape index (κ1) is 12.9. The van der Waals surface area contributed by atoms with Gasteiger partial charge in [-0.3, -0.25) is 0 Å². The summed E-state index contributed by atoms with van der Waals surface area (Å²) in [5.74, 6) is 0.982. The molecule has 18 heavy (non-hydrogen) atoms. The smallest absolute Gasteiger partial charge is 0.230 e. The zero-order valence-electron chi connectivity index (χ0n) is 10.9. The van der Waals surface area contributed by atoms with Crippen molar-refractivity contribution in [3.8, 4) is 11.9 Å². The second-order valence-electron chi connectivity index (χ2n) is 4.94. The van der Waals surface area contributed by atoms with Gasteiger partial charge in [0.2, 0.25) is 5.88 Å². The van der Waals surface area contributed by atoms with E-state index in [-0.39, 0.29) is 12.7 Å². The highest BCUT2D eigenvalue weighted by Gasteiger charge is 2.24. The zero-order valence-corrected chi connectivity index (χ0v) is 10.9. The quantitative estimate of drug-likeness (QED) is 0.881. The van der Waals surface area contributed by atoms with Crippen molar-refractivity contribution in [2.24, 2.45) is 13.0 Å². The van der Waals surface area contributed by atoms with Crippen LogP contribution in [-0.2, 0) is 7.05 Å². The van der Waals surface area contributed by atoms with Gasteiger partial charge in [0.15, 0.2) is 0 Å². The maximum Gasteiger partial charge on any atom is 0.230 e. The number of aromatic nitrogens is 2. The van der Waals surface area contributed by atoms with E-state index in [1.807, 2.05) is 6.92 Å². The number of hydrogen-bond donors (Lipinski definition) is 1. The van der Waals surface area contributed by atoms with Gasteiger partial charge in [0, 0.05) is 13.7 Å². The van der Waals surface area contributed by atoms with Crippen LogP contribution in [0.25, 0.3) is 0 Å². The molecule has 0 saturated heterocycles. The van der Waals surface area contributed by atoms with Crippen LogP contribution in [0.3, 0.4) is 0 Å². The molecule has 5 heteroatoms. The van der Waals surface area contributed by atoms with E-state index in [1.165, 1.54) is 0 Å². The molecule has 2 rings (SSSR count). The van der Waals surface area contributed by atoms with Crippen molar-refractivity contribution in [2.75, 3.05) is 6.61 Å². The highest BCUT2D eigenvalue weighted by Crippen LogP contribution is 2.29. The molecule has 0 bridgehead atoms. The molecule has 1 aromatic rings. The molecular weight excluding hydrogens is 230 g/mol. The first-order valence-electron chi connectivity index (χ1n) is 6.37. The third kappa shape index (κ3) is 2.49. The van der Waals surface area contributed by atoms with E-state index in [0.29, 0.717) is 23.1 Å². The van der Waals surface area contributed by atoms with Crippen LogP contribution < -0.4 is 4.74 Å². The molecule has 0 unspecified atom stereocenters. The molecule has 1 aliphatic carbocycles. The van der Waals surface area contributed by atoms with E-state index < -0.39 is 0 Å². The van der Waals surface area contributed by atoms with Gasteiger partial charge in [-0.05, 0) is 38.5 Å². The van der Waals surface area contributed by atoms with Crippen molar-refractivity contribution >= 4 is 0 Å². The van der Waals surface area contributed by atoms with Crippen LogP contribution in [0, 0.1) is 24.2 Å². The molecule has 98 valence electrons. The standard InChI is InChI=1S/C13H19N3O2/c1-9-12(7-14)13(16(2)15-9)18-11-5-3-10(8-17)4-6-11/h10-11,17H,3-6,8H2,1-2H3. The van der Waals surface area contributed by atoms with Crippen molar-refractivity contribution in [3.05, 3.63) is 11.3 Å². The Morgan fingerprint density at radius 2 is 2.11 bits per heavy atom. The van der Waals surface area contributed by atoms with Gasteiger partial charge in [0.25, 0.3) is 0 Å². The first-order valence-corrected chi connectivity index (χ1v) is 6.37. The van der Waals surface area contributed by atoms with E-state index in [4.69, 9.17) is 15.1 Å². The minimum absolute atomic E-state index is 0.134. The second kappa shape index (κ2) is 5.40. The average molecular weight is 249 g/mol. The molecule has 0 aromatic carbocycles. The lowest BCUT2D eigenvalue weighted by molar-refractivity contribution is 0.0968. The summed E-state index contributed by atoms with van der Waals surface area (Å²) in [6.07, 6.45) is 3.97. The molecular formula is C13H19N3O2. The Kier molecular flexibility index (Phi) is 3.87. The number of aliphatic hydroxyl groups is 1. The van der Waals surface area contributed by atoms with Crippen molar-refractivity contribution < 1.29 is 9.84 Å². The van der Waals surface area contributed by atoms with E-state index in [9.17, 15) is 0 Å². The Morgan fingerprint density at radius 3 is 2.67 bits per heavy atom. The van der Waals surface area contributed by atoms with Crippen LogP contribution in [0.4, 0.5) is 0 Å². The van der Waals surface area contributed by atoms with Gasteiger partial charge < -0.3 is 9.84 Å². The Balaban J connectivity index is 2.05. The fourth-order valence-corrected chi connectivity index (χ4v) is 2.49. The maximum atomic E-state index is 9.11. The molecule has 0 atom stereocenters. The third-order valence-electron chi connectivity index (χ3n) is 3.61. The molecule has 0 aliphatic heterocycles. The van der Waals surface area contributed by atoms with Gasteiger partial charge in [-0.2, -0.15) is 10.4 Å². The minimum atomic E-state index is 0.134. The van der Waals surface area contributed by atoms with Crippen LogP contribution in [0.15, 0.2) is 0 Å². The predicted molar refractivity (Wildman–Crippen MR) is 66.1 cm³/mol. The lowest BCUT2D eigenvalue weighted by Crippen LogP contribution is -2.26. The normalized spacial score (nSPS) is 23.7. The number of aryl methyl sites for hydroxylation is 2. The largest absolute Gasteiger partial charge is 0.474 e. The summed E-state index contributed by atoms with van der Waals surface area (Å²) >= 11 is 0. The monoisotopic (exact) mass is 249 g/mol. The Labute approximate surface area is 107 Å². The lowest BCUT2D eigenvalue weighted by atomic mass is 9.88. The topological polar surface area (TPSA) is 71.1 Å². The van der Waals surface area contributed by atoms with Gasteiger partial charge in [-0.15, -0.1) is 0 Å². The molecule has 0 amide bonds. The highest BCUT2D eigenvalue weighted by molar-refractivity contribution is 5.42. The Morgan fingerprint density at radius 1 is 1.44 bits per heavy atom. The van der Waals surface area contributed by atoms with Gasteiger partial charge in [0.1, 0.15) is 17.7 Å². The maximum absolute atomic E-state index is 9.11. The van der Waals surface area contributed by atoms with Crippen LogP contribution in [0.1, 0.15) is 36.9 Å². The summed E-state index contributed by atoms with van der Waals surface area (Å²) in [6, 6.07) is 2.15. The second-order valence-corrected chi connectivity index (χ2v) is 4.94. The molecule has 5 nitrogen and oxygen atoms in total. The molecule has 1 saturated carbocycles. The molecule has 1 aromatic heterocycles. The molecule has 0 radical (unpaired) electrons. The summed E-state index contributed by atoms with van der Waals surface area (Å²) in [7, 11) is 1.79. The van der Waals surface area contributed by atoms with Crippen molar-refractivity contribution in [3.63, 3.8) is 0 Å². The van der Waals surface area contributed by atoms with E-state index in [0.717, 1.165) is 25.7 Å². The summed E-state index contributed by atoms with van der Waals surface area (Å²) in [4.78, 5) is 0. The number of rotatable bonds is 3. The fraction of sp³-hybridized carbons (Fsp3) is 0.692. The summed E-state index contributed by atoms with van der Waals surface area (Å²) in [6.45, 7) is 2.08. The Hall–Kier alpha value is -1.54.